The van der Waals surface area contributed by atoms with Gasteiger partial charge >= 0.3 is 5.97 Å². The van der Waals surface area contributed by atoms with Gasteiger partial charge in [-0.05, 0) is 93.1 Å². The summed E-state index contributed by atoms with van der Waals surface area (Å²) in [5, 5.41) is 0. The molecule has 0 radical (unpaired) electrons. The quantitative estimate of drug-likeness (QED) is 0.210. The molecule has 0 heterocycles. The summed E-state index contributed by atoms with van der Waals surface area (Å²) < 4.78 is 25.2. The summed E-state index contributed by atoms with van der Waals surface area (Å²) >= 11 is 0. The first-order valence-electron chi connectivity index (χ1n) is 13.4. The van der Waals surface area contributed by atoms with Crippen LogP contribution in [0.2, 0.25) is 0 Å². The number of esters is 1. The van der Waals surface area contributed by atoms with Gasteiger partial charge in [0.05, 0.1) is 5.92 Å². The van der Waals surface area contributed by atoms with E-state index >= 15 is 0 Å². The van der Waals surface area contributed by atoms with E-state index in [0.29, 0.717) is 11.8 Å². The standard InChI is InChI=1S/C30H41FO3/c1-3-5-7-21-10-12-22(13-11-21)23-14-16-26-24(19-23)8-6-9-27(26)30(32)34-25-15-17-29(28(31)20-25)33-18-4-2/h3-4,15,17,20-24,26-27H,1-2,5-14,16,18-19H2. The van der Waals surface area contributed by atoms with E-state index in [1.165, 1.54) is 63.5 Å². The van der Waals surface area contributed by atoms with Crippen LogP contribution in [0.25, 0.3) is 0 Å². The summed E-state index contributed by atoms with van der Waals surface area (Å²) in [6, 6.07) is 4.38. The second kappa shape index (κ2) is 12.0. The number of carbonyl (C=O) groups excluding carboxylic acids is 1. The Balaban J connectivity index is 1.30. The molecule has 3 nitrogen and oxygen atoms in total. The van der Waals surface area contributed by atoms with Gasteiger partial charge in [-0.25, -0.2) is 4.39 Å². The summed E-state index contributed by atoms with van der Waals surface area (Å²) in [6.07, 6.45) is 18.5. The van der Waals surface area contributed by atoms with Crippen molar-refractivity contribution in [2.24, 2.45) is 35.5 Å². The lowest BCUT2D eigenvalue weighted by atomic mass is 9.59. The van der Waals surface area contributed by atoms with Crippen LogP contribution in [0.5, 0.6) is 11.5 Å². The highest BCUT2D eigenvalue weighted by atomic mass is 19.1. The Hall–Kier alpha value is -2.10. The molecule has 3 fully saturated rings. The highest BCUT2D eigenvalue weighted by Gasteiger charge is 2.43. The zero-order valence-electron chi connectivity index (χ0n) is 20.6. The number of hydrogen-bond donors (Lipinski definition) is 0. The van der Waals surface area contributed by atoms with Crippen molar-refractivity contribution in [3.05, 3.63) is 49.3 Å². The Morgan fingerprint density at radius 3 is 2.50 bits per heavy atom. The normalized spacial score (nSPS) is 31.2. The van der Waals surface area contributed by atoms with Crippen molar-refractivity contribution < 1.29 is 18.7 Å². The van der Waals surface area contributed by atoms with Crippen LogP contribution in [0.15, 0.2) is 43.5 Å². The molecule has 3 saturated carbocycles. The fourth-order valence-electron chi connectivity index (χ4n) is 7.02. The average Bonchev–Trinajstić information content (AvgIpc) is 2.86. The topological polar surface area (TPSA) is 35.5 Å². The van der Waals surface area contributed by atoms with E-state index in [2.05, 4.69) is 19.2 Å². The molecule has 0 bridgehead atoms. The minimum absolute atomic E-state index is 0.0610. The lowest BCUT2D eigenvalue weighted by Gasteiger charge is -2.46. The van der Waals surface area contributed by atoms with Gasteiger partial charge < -0.3 is 9.47 Å². The predicted octanol–water partition coefficient (Wildman–Crippen LogP) is 7.90. The molecule has 34 heavy (non-hydrogen) atoms. The van der Waals surface area contributed by atoms with Crippen molar-refractivity contribution in [2.45, 2.75) is 77.0 Å². The van der Waals surface area contributed by atoms with E-state index in [9.17, 15) is 9.18 Å². The van der Waals surface area contributed by atoms with Crippen molar-refractivity contribution in [1.82, 2.24) is 0 Å². The third-order valence-electron chi connectivity index (χ3n) is 8.81. The Morgan fingerprint density at radius 1 is 0.971 bits per heavy atom. The molecule has 4 heteroatoms. The Labute approximate surface area is 204 Å². The maximum Gasteiger partial charge on any atom is 0.314 e. The summed E-state index contributed by atoms with van der Waals surface area (Å²) in [6.45, 7) is 7.68. The summed E-state index contributed by atoms with van der Waals surface area (Å²) in [5.41, 5.74) is 0. The average molecular weight is 469 g/mol. The van der Waals surface area contributed by atoms with Crippen LogP contribution >= 0.6 is 0 Å². The van der Waals surface area contributed by atoms with E-state index < -0.39 is 5.82 Å². The number of hydrogen-bond acceptors (Lipinski definition) is 3. The highest BCUT2D eigenvalue weighted by molar-refractivity contribution is 5.75. The first-order chi connectivity index (χ1) is 16.6. The number of benzene rings is 1. The fourth-order valence-corrected chi connectivity index (χ4v) is 7.02. The van der Waals surface area contributed by atoms with E-state index in [1.54, 1.807) is 12.1 Å². The number of carbonyl (C=O) groups is 1. The molecule has 0 N–H and O–H groups in total. The summed E-state index contributed by atoms with van der Waals surface area (Å²) in [4.78, 5) is 13.1. The van der Waals surface area contributed by atoms with Crippen LogP contribution in [0.4, 0.5) is 4.39 Å². The molecule has 3 aliphatic rings. The van der Waals surface area contributed by atoms with Gasteiger partial charge in [-0.2, -0.15) is 0 Å². The minimum atomic E-state index is -0.520. The summed E-state index contributed by atoms with van der Waals surface area (Å²) in [7, 11) is 0. The van der Waals surface area contributed by atoms with Gasteiger partial charge in [-0.15, -0.1) is 6.58 Å². The molecule has 0 saturated heterocycles. The first-order valence-corrected chi connectivity index (χ1v) is 13.4. The van der Waals surface area contributed by atoms with Crippen LogP contribution in [0, 0.1) is 41.3 Å². The second-order valence-corrected chi connectivity index (χ2v) is 10.8. The fraction of sp³-hybridized carbons (Fsp3) is 0.633. The smallest absolute Gasteiger partial charge is 0.314 e. The van der Waals surface area contributed by atoms with Gasteiger partial charge in [-0.1, -0.05) is 44.4 Å². The third-order valence-corrected chi connectivity index (χ3v) is 8.81. The van der Waals surface area contributed by atoms with E-state index in [4.69, 9.17) is 9.47 Å². The molecule has 0 amide bonds. The Kier molecular flexibility index (Phi) is 8.86. The highest BCUT2D eigenvalue weighted by Crippen LogP contribution is 2.50. The van der Waals surface area contributed by atoms with Gasteiger partial charge in [-0.3, -0.25) is 4.79 Å². The number of fused-ring (bicyclic) bond motifs is 1. The molecular formula is C30H41FO3. The molecular weight excluding hydrogens is 427 g/mol. The molecule has 4 unspecified atom stereocenters. The molecule has 186 valence electrons. The number of allylic oxidation sites excluding steroid dienone is 1. The van der Waals surface area contributed by atoms with Crippen LogP contribution < -0.4 is 9.47 Å². The maximum absolute atomic E-state index is 14.3. The maximum atomic E-state index is 14.3. The lowest BCUT2D eigenvalue weighted by molar-refractivity contribution is -0.144. The largest absolute Gasteiger partial charge is 0.486 e. The molecule has 1 aromatic carbocycles. The van der Waals surface area contributed by atoms with Crippen LogP contribution in [-0.4, -0.2) is 12.6 Å². The van der Waals surface area contributed by atoms with Gasteiger partial charge in [0.25, 0.3) is 0 Å². The third kappa shape index (κ3) is 6.12. The van der Waals surface area contributed by atoms with Gasteiger partial charge in [0, 0.05) is 6.07 Å². The molecule has 4 rings (SSSR count). The van der Waals surface area contributed by atoms with E-state index in [-0.39, 0.29) is 30.0 Å². The zero-order valence-corrected chi connectivity index (χ0v) is 20.6. The van der Waals surface area contributed by atoms with Crippen LogP contribution in [0.3, 0.4) is 0 Å². The van der Waals surface area contributed by atoms with Crippen molar-refractivity contribution in [2.75, 3.05) is 6.61 Å². The summed E-state index contributed by atoms with van der Waals surface area (Å²) in [5.74, 6) is 3.29. The van der Waals surface area contributed by atoms with E-state index in [1.807, 2.05) is 0 Å². The predicted molar refractivity (Wildman–Crippen MR) is 134 cm³/mol. The van der Waals surface area contributed by atoms with Crippen LogP contribution in [0.1, 0.15) is 77.0 Å². The van der Waals surface area contributed by atoms with Gasteiger partial charge in [0.15, 0.2) is 11.6 Å². The first kappa shape index (κ1) is 25.0. The number of ether oxygens (including phenoxy) is 2. The van der Waals surface area contributed by atoms with E-state index in [0.717, 1.165) is 43.4 Å². The van der Waals surface area contributed by atoms with Crippen molar-refractivity contribution in [3.63, 3.8) is 0 Å². The molecule has 4 atom stereocenters. The lowest BCUT2D eigenvalue weighted by Crippen LogP contribution is -2.40. The van der Waals surface area contributed by atoms with Crippen LogP contribution in [-0.2, 0) is 4.79 Å². The minimum Gasteiger partial charge on any atom is -0.486 e. The second-order valence-electron chi connectivity index (χ2n) is 10.8. The Bertz CT molecular complexity index is 841. The van der Waals surface area contributed by atoms with Crippen molar-refractivity contribution >= 4 is 5.97 Å². The number of rotatable bonds is 9. The van der Waals surface area contributed by atoms with Gasteiger partial charge in [0.1, 0.15) is 12.4 Å². The molecule has 0 aromatic heterocycles. The molecule has 1 aromatic rings. The monoisotopic (exact) mass is 468 g/mol. The van der Waals surface area contributed by atoms with Crippen molar-refractivity contribution in [3.8, 4) is 11.5 Å². The molecule has 0 spiro atoms. The Morgan fingerprint density at radius 2 is 1.76 bits per heavy atom. The van der Waals surface area contributed by atoms with Crippen molar-refractivity contribution in [1.29, 1.82) is 0 Å². The SMILES string of the molecule is C=CCCC1CCC(C2CCC3C(CCCC3C(=O)Oc3ccc(OCC=C)c(F)c3)C2)CC1. The number of halogens is 1. The zero-order chi connectivity index (χ0) is 23.9. The molecule has 3 aliphatic carbocycles. The van der Waals surface area contributed by atoms with Gasteiger partial charge in [0.2, 0.25) is 0 Å². The molecule has 0 aliphatic heterocycles.